The van der Waals surface area contributed by atoms with Crippen molar-refractivity contribution in [3.05, 3.63) is 60.4 Å². The van der Waals surface area contributed by atoms with Crippen LogP contribution in [0, 0.1) is 5.41 Å². The van der Waals surface area contributed by atoms with E-state index in [2.05, 4.69) is 30.9 Å². The maximum Gasteiger partial charge on any atom is 0.181 e. The van der Waals surface area contributed by atoms with Crippen LogP contribution < -0.4 is 9.64 Å². The number of rotatable bonds is 11. The Morgan fingerprint density at radius 3 is 2.33 bits per heavy atom. The van der Waals surface area contributed by atoms with E-state index in [0.29, 0.717) is 23.1 Å². The van der Waals surface area contributed by atoms with Gasteiger partial charge < -0.3 is 9.64 Å². The summed E-state index contributed by atoms with van der Waals surface area (Å²) in [6.45, 7) is 6.48. The molecule has 36 heavy (non-hydrogen) atoms. The Bertz CT molecular complexity index is 1190. The van der Waals surface area contributed by atoms with Gasteiger partial charge in [0, 0.05) is 29.8 Å². The number of ether oxygens (including phenoxy) is 1. The number of hydrogen-bond donors (Lipinski definition) is 0. The highest BCUT2D eigenvalue weighted by atomic mass is 32.2. The molecule has 0 bridgehead atoms. The molecule has 0 radical (unpaired) electrons. The average molecular weight is 510 g/mol. The number of unbranched alkanes of at least 4 members (excludes halogenated alkanes) is 2. The van der Waals surface area contributed by atoms with Gasteiger partial charge in [-0.3, -0.25) is 4.79 Å². The van der Waals surface area contributed by atoms with Gasteiger partial charge in [0.05, 0.1) is 22.6 Å². The van der Waals surface area contributed by atoms with E-state index in [1.54, 1.807) is 6.07 Å². The third-order valence-electron chi connectivity index (χ3n) is 7.41. The van der Waals surface area contributed by atoms with E-state index < -0.39 is 9.84 Å². The van der Waals surface area contributed by atoms with Crippen LogP contribution in [-0.4, -0.2) is 26.5 Å². The minimum Gasteiger partial charge on any atom is -0.465 e. The lowest BCUT2D eigenvalue weighted by atomic mass is 9.79. The molecule has 5 nitrogen and oxygen atoms in total. The summed E-state index contributed by atoms with van der Waals surface area (Å²) >= 11 is 0. The van der Waals surface area contributed by atoms with Crippen LogP contribution in [0.25, 0.3) is 0 Å². The Hall–Kier alpha value is -2.60. The molecule has 1 aliphatic heterocycles. The van der Waals surface area contributed by atoms with Gasteiger partial charge in [-0.25, -0.2) is 8.42 Å². The average Bonchev–Trinajstić information content (AvgIpc) is 3.70. The summed E-state index contributed by atoms with van der Waals surface area (Å²) < 4.78 is 34.1. The van der Waals surface area contributed by atoms with E-state index in [1.807, 2.05) is 24.3 Å². The normalized spacial score (nSPS) is 18.6. The lowest BCUT2D eigenvalue weighted by molar-refractivity contribution is -0.112. The second kappa shape index (κ2) is 11.2. The molecule has 2 aromatic carbocycles. The van der Waals surface area contributed by atoms with Gasteiger partial charge in [-0.05, 0) is 62.3 Å². The van der Waals surface area contributed by atoms with Crippen molar-refractivity contribution in [2.24, 2.45) is 5.41 Å². The molecule has 0 spiro atoms. The first kappa shape index (κ1) is 26.5. The van der Waals surface area contributed by atoms with Crippen molar-refractivity contribution in [1.29, 1.82) is 0 Å². The highest BCUT2D eigenvalue weighted by molar-refractivity contribution is 7.91. The SMILES string of the molecule is CCCCC1(CCCC)CN(c2ccccc2)c2cc(C3CC3)c(O/C=C\C(C)=O)cc2S(=O)(=O)C1. The second-order valence-electron chi connectivity index (χ2n) is 10.6. The van der Waals surface area contributed by atoms with Crippen molar-refractivity contribution in [2.45, 2.75) is 83.0 Å². The van der Waals surface area contributed by atoms with Crippen molar-refractivity contribution < 1.29 is 17.9 Å². The minimum absolute atomic E-state index is 0.114. The predicted octanol–water partition coefficient (Wildman–Crippen LogP) is 7.34. The van der Waals surface area contributed by atoms with Gasteiger partial charge in [0.1, 0.15) is 5.75 Å². The van der Waals surface area contributed by atoms with E-state index >= 15 is 0 Å². The van der Waals surface area contributed by atoms with Crippen LogP contribution in [0.3, 0.4) is 0 Å². The Labute approximate surface area is 216 Å². The number of benzene rings is 2. The van der Waals surface area contributed by atoms with Gasteiger partial charge in [0.2, 0.25) is 0 Å². The number of ketones is 1. The molecule has 1 fully saturated rings. The molecule has 2 aromatic rings. The largest absolute Gasteiger partial charge is 0.465 e. The molecule has 0 aromatic heterocycles. The quantitative estimate of drug-likeness (QED) is 0.234. The van der Waals surface area contributed by atoms with Crippen molar-refractivity contribution >= 4 is 27.0 Å². The molecule has 1 aliphatic carbocycles. The maximum atomic E-state index is 14.1. The zero-order valence-electron chi connectivity index (χ0n) is 21.8. The molecule has 0 amide bonds. The van der Waals surface area contributed by atoms with Crippen LogP contribution in [0.2, 0.25) is 0 Å². The van der Waals surface area contributed by atoms with E-state index in [-0.39, 0.29) is 17.0 Å². The Kier molecular flexibility index (Phi) is 8.23. The molecular weight excluding hydrogens is 470 g/mol. The first-order chi connectivity index (χ1) is 17.3. The number of hydrogen-bond acceptors (Lipinski definition) is 5. The third-order valence-corrected chi connectivity index (χ3v) is 9.40. The number of anilines is 2. The highest BCUT2D eigenvalue weighted by Crippen LogP contribution is 2.51. The van der Waals surface area contributed by atoms with Gasteiger partial charge >= 0.3 is 0 Å². The van der Waals surface area contributed by atoms with Gasteiger partial charge in [-0.1, -0.05) is 57.7 Å². The summed E-state index contributed by atoms with van der Waals surface area (Å²) in [5.41, 5.74) is 2.46. The number of carbonyl (C=O) groups excluding carboxylic acids is 1. The van der Waals surface area contributed by atoms with Gasteiger partial charge in [-0.2, -0.15) is 0 Å². The number of fused-ring (bicyclic) bond motifs is 1. The van der Waals surface area contributed by atoms with Crippen LogP contribution in [-0.2, 0) is 14.6 Å². The monoisotopic (exact) mass is 509 g/mol. The first-order valence-electron chi connectivity index (χ1n) is 13.4. The summed E-state index contributed by atoms with van der Waals surface area (Å²) in [6, 6.07) is 13.9. The minimum atomic E-state index is -3.59. The van der Waals surface area contributed by atoms with Crippen LogP contribution in [0.15, 0.2) is 59.7 Å². The summed E-state index contributed by atoms with van der Waals surface area (Å²) in [7, 11) is -3.59. The summed E-state index contributed by atoms with van der Waals surface area (Å²) in [5.74, 6) is 0.920. The number of sulfone groups is 1. The highest BCUT2D eigenvalue weighted by Gasteiger charge is 2.43. The van der Waals surface area contributed by atoms with Crippen LogP contribution in [0.5, 0.6) is 5.75 Å². The summed E-state index contributed by atoms with van der Waals surface area (Å²) in [5, 5.41) is 0. The zero-order valence-corrected chi connectivity index (χ0v) is 22.6. The zero-order chi connectivity index (χ0) is 25.8. The molecule has 194 valence electrons. The first-order valence-corrected chi connectivity index (χ1v) is 15.0. The van der Waals surface area contributed by atoms with Crippen LogP contribution in [0.1, 0.15) is 83.6 Å². The molecule has 0 saturated heterocycles. The molecular formula is C30H39NO4S. The molecule has 4 rings (SSSR count). The van der Waals surface area contributed by atoms with Crippen molar-refractivity contribution in [3.63, 3.8) is 0 Å². The molecule has 2 aliphatic rings. The van der Waals surface area contributed by atoms with Gasteiger partial charge in [-0.15, -0.1) is 0 Å². The molecule has 6 heteroatoms. The van der Waals surface area contributed by atoms with Gasteiger partial charge in [0.25, 0.3) is 0 Å². The third kappa shape index (κ3) is 6.03. The number of carbonyl (C=O) groups is 1. The Balaban J connectivity index is 1.90. The number of para-hydroxylation sites is 1. The predicted molar refractivity (Wildman–Crippen MR) is 146 cm³/mol. The van der Waals surface area contributed by atoms with E-state index in [1.165, 1.54) is 19.3 Å². The fourth-order valence-electron chi connectivity index (χ4n) is 5.36. The molecule has 1 heterocycles. The molecule has 1 saturated carbocycles. The maximum absolute atomic E-state index is 14.1. The lowest BCUT2D eigenvalue weighted by Crippen LogP contribution is -2.38. The van der Waals surface area contributed by atoms with Crippen molar-refractivity contribution in [3.8, 4) is 5.75 Å². The molecule has 0 N–H and O–H groups in total. The van der Waals surface area contributed by atoms with Crippen LogP contribution in [0.4, 0.5) is 11.4 Å². The Morgan fingerprint density at radius 1 is 1.08 bits per heavy atom. The number of allylic oxidation sites excluding steroid dienone is 1. The topological polar surface area (TPSA) is 63.7 Å². The summed E-state index contributed by atoms with van der Waals surface area (Å²) in [4.78, 5) is 14.0. The summed E-state index contributed by atoms with van der Waals surface area (Å²) in [6.07, 6.45) is 10.7. The van der Waals surface area contributed by atoms with Gasteiger partial charge in [0.15, 0.2) is 15.6 Å². The standard InChI is InChI=1S/C30H39NO4S/c1-4-6-16-30(17-7-5-2)21-31(25-11-9-8-10-12-25)27-19-26(24-13-14-24)28(35-18-15-23(3)32)20-29(27)36(33,34)22-30/h8-12,15,18-20,24H,4-7,13-14,16-17,21-22H2,1-3H3/b18-15-. The second-order valence-corrected chi connectivity index (χ2v) is 12.5. The van der Waals surface area contributed by atoms with Crippen molar-refractivity contribution in [1.82, 2.24) is 0 Å². The van der Waals surface area contributed by atoms with E-state index in [9.17, 15) is 13.2 Å². The molecule has 0 unspecified atom stereocenters. The fraction of sp³-hybridized carbons (Fsp3) is 0.500. The fourth-order valence-corrected chi connectivity index (χ4v) is 7.48. The number of nitrogens with zero attached hydrogens (tertiary/aromatic N) is 1. The van der Waals surface area contributed by atoms with Crippen molar-refractivity contribution in [2.75, 3.05) is 17.2 Å². The Morgan fingerprint density at radius 2 is 1.75 bits per heavy atom. The smallest absolute Gasteiger partial charge is 0.181 e. The van der Waals surface area contributed by atoms with E-state index in [4.69, 9.17) is 4.74 Å². The molecule has 0 atom stereocenters. The van der Waals surface area contributed by atoms with Crippen LogP contribution >= 0.6 is 0 Å². The van der Waals surface area contributed by atoms with E-state index in [0.717, 1.165) is 68.3 Å². The lowest BCUT2D eigenvalue weighted by Gasteiger charge is -2.37.